The first-order chi connectivity index (χ1) is 12.3. The molecule has 0 unspecified atom stereocenters. The molecule has 2 amide bonds. The van der Waals surface area contributed by atoms with Gasteiger partial charge in [-0.05, 0) is 29.8 Å². The summed E-state index contributed by atoms with van der Waals surface area (Å²) in [5, 5.41) is 4.58. The molecule has 4 nitrogen and oxygen atoms in total. The van der Waals surface area contributed by atoms with Crippen LogP contribution < -0.4 is 5.32 Å². The van der Waals surface area contributed by atoms with Crippen LogP contribution in [0.25, 0.3) is 10.8 Å². The zero-order valence-corrected chi connectivity index (χ0v) is 13.9. The highest BCUT2D eigenvalue weighted by molar-refractivity contribution is 6.01. The van der Waals surface area contributed by atoms with Crippen LogP contribution in [0.5, 0.6) is 0 Å². The Kier molecular flexibility index (Phi) is 4.79. The first-order valence-electron chi connectivity index (χ1n) is 7.85. The number of carbonyl (C=O) groups is 1. The molecule has 0 aliphatic carbocycles. The predicted molar refractivity (Wildman–Crippen MR) is 93.7 cm³/mol. The summed E-state index contributed by atoms with van der Waals surface area (Å²) in [6.07, 6.45) is -1.02. The highest BCUT2D eigenvalue weighted by Gasteiger charge is 2.30. The Morgan fingerprint density at radius 2 is 1.85 bits per heavy atom. The van der Waals surface area contributed by atoms with Crippen molar-refractivity contribution in [1.29, 1.82) is 0 Å². The van der Waals surface area contributed by atoms with E-state index >= 15 is 0 Å². The maximum Gasteiger partial charge on any atom is 0.416 e. The van der Waals surface area contributed by atoms with Gasteiger partial charge in [0.1, 0.15) is 0 Å². The summed E-state index contributed by atoms with van der Waals surface area (Å²) in [6.45, 7) is 0.191. The van der Waals surface area contributed by atoms with Crippen LogP contribution in [0, 0.1) is 0 Å². The van der Waals surface area contributed by atoms with E-state index in [9.17, 15) is 18.0 Å². The number of pyridine rings is 1. The Labute approximate surface area is 148 Å². The van der Waals surface area contributed by atoms with Gasteiger partial charge in [-0.25, -0.2) is 4.79 Å². The molecule has 1 N–H and O–H groups in total. The molecule has 2 aromatic carbocycles. The molecule has 3 rings (SSSR count). The molecule has 3 aromatic rings. The molecule has 0 saturated carbocycles. The van der Waals surface area contributed by atoms with Gasteiger partial charge in [0, 0.05) is 36.8 Å². The van der Waals surface area contributed by atoms with E-state index in [0.29, 0.717) is 11.3 Å². The van der Waals surface area contributed by atoms with Gasteiger partial charge in [0.15, 0.2) is 0 Å². The number of rotatable bonds is 3. The number of hydrogen-bond donors (Lipinski definition) is 1. The second kappa shape index (κ2) is 7.03. The molecule has 0 fully saturated rings. The summed E-state index contributed by atoms with van der Waals surface area (Å²) in [5.41, 5.74) is 0.546. The Morgan fingerprint density at radius 3 is 2.54 bits per heavy atom. The lowest BCUT2D eigenvalue weighted by Crippen LogP contribution is -2.30. The number of carbonyl (C=O) groups excluding carboxylic acids is 1. The molecule has 0 spiro atoms. The molecule has 0 saturated heterocycles. The summed E-state index contributed by atoms with van der Waals surface area (Å²) in [7, 11) is 1.58. The number of halogens is 3. The van der Waals surface area contributed by atoms with E-state index in [-0.39, 0.29) is 12.6 Å². The number of alkyl halides is 3. The maximum absolute atomic E-state index is 12.6. The van der Waals surface area contributed by atoms with E-state index in [1.165, 1.54) is 17.0 Å². The Hall–Kier alpha value is -3.09. The van der Waals surface area contributed by atoms with Crippen molar-refractivity contribution >= 4 is 22.5 Å². The van der Waals surface area contributed by atoms with E-state index < -0.39 is 11.7 Å². The number of fused-ring (bicyclic) bond motifs is 1. The van der Waals surface area contributed by atoms with Crippen molar-refractivity contribution in [2.45, 2.75) is 12.7 Å². The summed E-state index contributed by atoms with van der Waals surface area (Å²) in [4.78, 5) is 17.9. The summed E-state index contributed by atoms with van der Waals surface area (Å²) < 4.78 is 37.8. The minimum Gasteiger partial charge on any atom is -0.323 e. The van der Waals surface area contributed by atoms with E-state index in [0.717, 1.165) is 22.9 Å². The van der Waals surface area contributed by atoms with E-state index in [4.69, 9.17) is 0 Å². The molecule has 0 radical (unpaired) electrons. The van der Waals surface area contributed by atoms with Gasteiger partial charge in [-0.2, -0.15) is 13.2 Å². The first-order valence-corrected chi connectivity index (χ1v) is 7.85. The second-order valence-electron chi connectivity index (χ2n) is 5.88. The van der Waals surface area contributed by atoms with Crippen molar-refractivity contribution in [3.8, 4) is 0 Å². The number of hydrogen-bond acceptors (Lipinski definition) is 2. The number of amides is 2. The van der Waals surface area contributed by atoms with Gasteiger partial charge >= 0.3 is 12.2 Å². The fourth-order valence-electron chi connectivity index (χ4n) is 2.59. The van der Waals surface area contributed by atoms with Crippen molar-refractivity contribution in [1.82, 2.24) is 9.88 Å². The van der Waals surface area contributed by atoms with Crippen LogP contribution in [0.15, 0.2) is 60.9 Å². The van der Waals surface area contributed by atoms with Crippen molar-refractivity contribution in [3.05, 3.63) is 72.1 Å². The SMILES string of the molecule is CN(Cc1ccc(C(F)(F)F)cc1)C(=O)Nc1cccc2cnccc12. The minimum atomic E-state index is -4.37. The van der Waals surface area contributed by atoms with Crippen molar-refractivity contribution in [3.63, 3.8) is 0 Å². The molecule has 0 aliphatic rings. The smallest absolute Gasteiger partial charge is 0.323 e. The Bertz CT molecular complexity index is 918. The second-order valence-corrected chi connectivity index (χ2v) is 5.88. The summed E-state index contributed by atoms with van der Waals surface area (Å²) in [6, 6.07) is 11.7. The molecular weight excluding hydrogens is 343 g/mol. The third kappa shape index (κ3) is 3.93. The van der Waals surface area contributed by atoms with Crippen LogP contribution in [0.2, 0.25) is 0 Å². The summed E-state index contributed by atoms with van der Waals surface area (Å²) in [5.74, 6) is 0. The number of anilines is 1. The zero-order valence-electron chi connectivity index (χ0n) is 13.9. The third-order valence-corrected chi connectivity index (χ3v) is 3.97. The number of nitrogens with zero attached hydrogens (tertiary/aromatic N) is 2. The van der Waals surface area contributed by atoms with Crippen molar-refractivity contribution in [2.24, 2.45) is 0 Å². The molecule has 0 bridgehead atoms. The van der Waals surface area contributed by atoms with E-state index in [2.05, 4.69) is 10.3 Å². The van der Waals surface area contributed by atoms with Crippen LogP contribution in [-0.4, -0.2) is 23.0 Å². The first kappa shape index (κ1) is 17.7. The van der Waals surface area contributed by atoms with Gasteiger partial charge in [-0.3, -0.25) is 4.98 Å². The lowest BCUT2D eigenvalue weighted by atomic mass is 10.1. The average Bonchev–Trinajstić information content (AvgIpc) is 2.61. The van der Waals surface area contributed by atoms with E-state index in [1.807, 2.05) is 12.1 Å². The molecule has 134 valence electrons. The van der Waals surface area contributed by atoms with Crippen LogP contribution in [0.3, 0.4) is 0 Å². The van der Waals surface area contributed by atoms with Crippen LogP contribution in [0.1, 0.15) is 11.1 Å². The van der Waals surface area contributed by atoms with Crippen LogP contribution in [0.4, 0.5) is 23.7 Å². The molecular formula is C19H16F3N3O. The topological polar surface area (TPSA) is 45.2 Å². The highest BCUT2D eigenvalue weighted by Crippen LogP contribution is 2.29. The van der Waals surface area contributed by atoms with Gasteiger partial charge in [-0.1, -0.05) is 24.3 Å². The number of aromatic nitrogens is 1. The molecule has 1 heterocycles. The fraction of sp³-hybridized carbons (Fsp3) is 0.158. The van der Waals surface area contributed by atoms with Gasteiger partial charge < -0.3 is 10.2 Å². The van der Waals surface area contributed by atoms with Crippen LogP contribution >= 0.6 is 0 Å². The largest absolute Gasteiger partial charge is 0.416 e. The fourth-order valence-corrected chi connectivity index (χ4v) is 2.59. The van der Waals surface area contributed by atoms with Crippen molar-refractivity contribution < 1.29 is 18.0 Å². The lowest BCUT2D eigenvalue weighted by Gasteiger charge is -2.19. The molecule has 0 atom stereocenters. The minimum absolute atomic E-state index is 0.191. The van der Waals surface area contributed by atoms with Gasteiger partial charge in [0.05, 0.1) is 11.3 Å². The van der Waals surface area contributed by atoms with Gasteiger partial charge in [0.2, 0.25) is 0 Å². The number of urea groups is 1. The normalized spacial score (nSPS) is 11.4. The van der Waals surface area contributed by atoms with Crippen LogP contribution in [-0.2, 0) is 12.7 Å². The standard InChI is InChI=1S/C19H16F3N3O/c1-25(12-13-5-7-15(8-6-13)19(20,21)22)18(26)24-17-4-2-3-14-11-23-10-9-16(14)17/h2-11H,12H2,1H3,(H,24,26). The monoisotopic (exact) mass is 359 g/mol. The average molecular weight is 359 g/mol. The number of benzene rings is 2. The summed E-state index contributed by atoms with van der Waals surface area (Å²) >= 11 is 0. The highest BCUT2D eigenvalue weighted by atomic mass is 19.4. The lowest BCUT2D eigenvalue weighted by molar-refractivity contribution is -0.137. The zero-order chi connectivity index (χ0) is 18.7. The van der Waals surface area contributed by atoms with Crippen molar-refractivity contribution in [2.75, 3.05) is 12.4 Å². The van der Waals surface area contributed by atoms with Gasteiger partial charge in [-0.15, -0.1) is 0 Å². The Balaban J connectivity index is 1.70. The third-order valence-electron chi connectivity index (χ3n) is 3.97. The quantitative estimate of drug-likeness (QED) is 0.722. The van der Waals surface area contributed by atoms with Gasteiger partial charge in [0.25, 0.3) is 0 Å². The maximum atomic E-state index is 12.6. The van der Waals surface area contributed by atoms with E-state index in [1.54, 1.807) is 31.6 Å². The molecule has 26 heavy (non-hydrogen) atoms. The predicted octanol–water partition coefficient (Wildman–Crippen LogP) is 4.92. The Morgan fingerprint density at radius 1 is 1.12 bits per heavy atom. The molecule has 0 aliphatic heterocycles. The molecule has 1 aromatic heterocycles. The number of nitrogens with one attached hydrogen (secondary N) is 1. The molecule has 7 heteroatoms.